The van der Waals surface area contributed by atoms with Crippen LogP contribution in [0.15, 0.2) is 24.3 Å². The smallest absolute Gasteiger partial charge is 0.251 e. The van der Waals surface area contributed by atoms with Gasteiger partial charge in [0.15, 0.2) is 0 Å². The fourth-order valence-corrected chi connectivity index (χ4v) is 3.23. The van der Waals surface area contributed by atoms with E-state index < -0.39 is 0 Å². The average molecular weight is 378 g/mol. The SMILES string of the molecule is O=C(NCCC(=O)N1CCCC(C(=O)NC2CC2)C1)c1ccc(Cl)cc1. The third-order valence-electron chi connectivity index (χ3n) is 4.80. The van der Waals surface area contributed by atoms with Crippen molar-refractivity contribution >= 4 is 29.3 Å². The van der Waals surface area contributed by atoms with Gasteiger partial charge in [0, 0.05) is 42.7 Å². The lowest BCUT2D eigenvalue weighted by molar-refractivity contribution is -0.135. The molecule has 3 rings (SSSR count). The van der Waals surface area contributed by atoms with E-state index in [0.29, 0.717) is 29.7 Å². The molecule has 1 saturated carbocycles. The molecule has 1 aromatic rings. The Kier molecular flexibility index (Phi) is 6.14. The van der Waals surface area contributed by atoms with Crippen LogP contribution in [0.5, 0.6) is 0 Å². The minimum absolute atomic E-state index is 0.0228. The average Bonchev–Trinajstić information content (AvgIpc) is 3.46. The highest BCUT2D eigenvalue weighted by Gasteiger charge is 2.31. The second-order valence-electron chi connectivity index (χ2n) is 6.97. The number of rotatable bonds is 6. The Labute approximate surface area is 158 Å². The molecule has 0 radical (unpaired) electrons. The number of benzene rings is 1. The lowest BCUT2D eigenvalue weighted by atomic mass is 9.97. The molecule has 1 aliphatic carbocycles. The van der Waals surface area contributed by atoms with Gasteiger partial charge >= 0.3 is 0 Å². The highest BCUT2D eigenvalue weighted by molar-refractivity contribution is 6.30. The summed E-state index contributed by atoms with van der Waals surface area (Å²) in [5, 5.41) is 6.34. The Morgan fingerprint density at radius 2 is 1.85 bits per heavy atom. The number of halogens is 1. The molecule has 1 aliphatic heterocycles. The van der Waals surface area contributed by atoms with Crippen LogP contribution >= 0.6 is 11.6 Å². The van der Waals surface area contributed by atoms with Crippen molar-refractivity contribution in [1.82, 2.24) is 15.5 Å². The zero-order chi connectivity index (χ0) is 18.5. The summed E-state index contributed by atoms with van der Waals surface area (Å²) in [4.78, 5) is 38.4. The van der Waals surface area contributed by atoms with Gasteiger partial charge in [-0.2, -0.15) is 0 Å². The molecule has 1 aromatic carbocycles. The molecule has 0 aromatic heterocycles. The van der Waals surface area contributed by atoms with Gasteiger partial charge in [-0.3, -0.25) is 14.4 Å². The van der Waals surface area contributed by atoms with Crippen LogP contribution < -0.4 is 10.6 Å². The molecule has 3 amide bonds. The van der Waals surface area contributed by atoms with E-state index in [1.807, 2.05) is 0 Å². The number of nitrogens with one attached hydrogen (secondary N) is 2. The van der Waals surface area contributed by atoms with Crippen LogP contribution in [0.1, 0.15) is 42.5 Å². The lowest BCUT2D eigenvalue weighted by Gasteiger charge is -2.32. The predicted molar refractivity (Wildman–Crippen MR) is 98.9 cm³/mol. The molecule has 26 heavy (non-hydrogen) atoms. The molecule has 1 unspecified atom stereocenters. The highest BCUT2D eigenvalue weighted by atomic mass is 35.5. The van der Waals surface area contributed by atoms with Crippen molar-refractivity contribution in [2.75, 3.05) is 19.6 Å². The zero-order valence-corrected chi connectivity index (χ0v) is 15.4. The number of amides is 3. The van der Waals surface area contributed by atoms with E-state index in [-0.39, 0.29) is 36.6 Å². The van der Waals surface area contributed by atoms with E-state index in [4.69, 9.17) is 11.6 Å². The molecular formula is C19H24ClN3O3. The van der Waals surface area contributed by atoms with Crippen molar-refractivity contribution in [2.24, 2.45) is 5.92 Å². The third kappa shape index (κ3) is 5.21. The summed E-state index contributed by atoms with van der Waals surface area (Å²) in [7, 11) is 0. The van der Waals surface area contributed by atoms with Gasteiger partial charge in [0.25, 0.3) is 5.91 Å². The van der Waals surface area contributed by atoms with Gasteiger partial charge < -0.3 is 15.5 Å². The summed E-state index contributed by atoms with van der Waals surface area (Å²) < 4.78 is 0. The van der Waals surface area contributed by atoms with Crippen LogP contribution in [0.4, 0.5) is 0 Å². The van der Waals surface area contributed by atoms with Crippen molar-refractivity contribution in [1.29, 1.82) is 0 Å². The number of likely N-dealkylation sites (tertiary alicyclic amines) is 1. The first kappa shape index (κ1) is 18.7. The van der Waals surface area contributed by atoms with E-state index in [1.54, 1.807) is 29.2 Å². The Bertz CT molecular complexity index is 673. The van der Waals surface area contributed by atoms with Gasteiger partial charge in [0.1, 0.15) is 0 Å². The van der Waals surface area contributed by atoms with Crippen molar-refractivity contribution in [3.8, 4) is 0 Å². The van der Waals surface area contributed by atoms with Crippen molar-refractivity contribution in [3.63, 3.8) is 0 Å². The minimum atomic E-state index is -0.227. The topological polar surface area (TPSA) is 78.5 Å². The maximum Gasteiger partial charge on any atom is 0.251 e. The Hall–Kier alpha value is -2.08. The summed E-state index contributed by atoms with van der Waals surface area (Å²) in [6, 6.07) is 6.95. The van der Waals surface area contributed by atoms with Gasteiger partial charge in [0.2, 0.25) is 11.8 Å². The van der Waals surface area contributed by atoms with E-state index in [9.17, 15) is 14.4 Å². The summed E-state index contributed by atoms with van der Waals surface area (Å²) >= 11 is 5.80. The Balaban J connectivity index is 1.41. The number of nitrogens with zero attached hydrogens (tertiary/aromatic N) is 1. The van der Waals surface area contributed by atoms with Gasteiger partial charge in [-0.25, -0.2) is 0 Å². The number of hydrogen-bond donors (Lipinski definition) is 2. The number of piperidine rings is 1. The first-order valence-electron chi connectivity index (χ1n) is 9.15. The Morgan fingerprint density at radius 3 is 2.54 bits per heavy atom. The van der Waals surface area contributed by atoms with E-state index in [2.05, 4.69) is 10.6 Å². The molecule has 0 spiro atoms. The van der Waals surface area contributed by atoms with Crippen LogP contribution in [-0.4, -0.2) is 48.3 Å². The molecule has 2 fully saturated rings. The predicted octanol–water partition coefficient (Wildman–Crippen LogP) is 1.98. The van der Waals surface area contributed by atoms with Crippen molar-refractivity contribution in [3.05, 3.63) is 34.9 Å². The lowest BCUT2D eigenvalue weighted by Crippen LogP contribution is -2.46. The summed E-state index contributed by atoms with van der Waals surface area (Å²) in [6.45, 7) is 1.43. The number of carbonyl (C=O) groups is 3. The second-order valence-corrected chi connectivity index (χ2v) is 7.41. The molecule has 7 heteroatoms. The van der Waals surface area contributed by atoms with Crippen LogP contribution in [0.25, 0.3) is 0 Å². The summed E-state index contributed by atoms with van der Waals surface area (Å²) in [5.74, 6) is -0.293. The summed E-state index contributed by atoms with van der Waals surface area (Å²) in [5.41, 5.74) is 0.511. The van der Waals surface area contributed by atoms with Crippen LogP contribution in [0, 0.1) is 5.92 Å². The first-order chi connectivity index (χ1) is 12.5. The molecule has 1 atom stereocenters. The number of hydrogen-bond acceptors (Lipinski definition) is 3. The maximum atomic E-state index is 12.4. The monoisotopic (exact) mass is 377 g/mol. The quantitative estimate of drug-likeness (QED) is 0.795. The van der Waals surface area contributed by atoms with Gasteiger partial charge in [-0.1, -0.05) is 11.6 Å². The van der Waals surface area contributed by atoms with Crippen molar-refractivity contribution in [2.45, 2.75) is 38.1 Å². The minimum Gasteiger partial charge on any atom is -0.353 e. The standard InChI is InChI=1S/C19H24ClN3O3/c20-15-5-3-13(4-6-15)18(25)21-10-9-17(24)23-11-1-2-14(12-23)19(26)22-16-7-8-16/h3-6,14,16H,1-2,7-12H2,(H,21,25)(H,22,26). The third-order valence-corrected chi connectivity index (χ3v) is 5.05. The molecule has 2 aliphatic rings. The highest BCUT2D eigenvalue weighted by Crippen LogP contribution is 2.22. The van der Waals surface area contributed by atoms with Crippen molar-refractivity contribution < 1.29 is 14.4 Å². The van der Waals surface area contributed by atoms with Crippen LogP contribution in [-0.2, 0) is 9.59 Å². The van der Waals surface area contributed by atoms with Crippen LogP contribution in [0.3, 0.4) is 0 Å². The Morgan fingerprint density at radius 1 is 1.12 bits per heavy atom. The molecule has 140 valence electrons. The molecule has 1 saturated heterocycles. The van der Waals surface area contributed by atoms with Gasteiger partial charge in [0.05, 0.1) is 5.92 Å². The van der Waals surface area contributed by atoms with E-state index in [1.165, 1.54) is 0 Å². The maximum absolute atomic E-state index is 12.4. The first-order valence-corrected chi connectivity index (χ1v) is 9.52. The van der Waals surface area contributed by atoms with E-state index in [0.717, 1.165) is 25.7 Å². The van der Waals surface area contributed by atoms with Gasteiger partial charge in [-0.05, 0) is 49.9 Å². The fraction of sp³-hybridized carbons (Fsp3) is 0.526. The molecular weight excluding hydrogens is 354 g/mol. The normalized spacial score (nSPS) is 19.7. The van der Waals surface area contributed by atoms with E-state index >= 15 is 0 Å². The molecule has 6 nitrogen and oxygen atoms in total. The number of carbonyl (C=O) groups excluding carboxylic acids is 3. The van der Waals surface area contributed by atoms with Crippen LogP contribution in [0.2, 0.25) is 5.02 Å². The molecule has 0 bridgehead atoms. The van der Waals surface area contributed by atoms with Gasteiger partial charge in [-0.15, -0.1) is 0 Å². The largest absolute Gasteiger partial charge is 0.353 e. The fourth-order valence-electron chi connectivity index (χ4n) is 3.11. The molecule has 2 N–H and O–H groups in total. The molecule has 1 heterocycles. The zero-order valence-electron chi connectivity index (χ0n) is 14.7. The summed E-state index contributed by atoms with van der Waals surface area (Å²) in [6.07, 6.45) is 4.03. The second kappa shape index (κ2) is 8.54.